The van der Waals surface area contributed by atoms with Crippen LogP contribution in [0.15, 0.2) is 24.3 Å². The van der Waals surface area contributed by atoms with Gasteiger partial charge in [0.25, 0.3) is 5.69 Å². The topological polar surface area (TPSA) is 95.7 Å². The molecule has 0 saturated carbocycles. The number of ether oxygens (including phenoxy) is 2. The minimum absolute atomic E-state index is 0.0489. The Balaban J connectivity index is 2.09. The number of para-hydroxylation sites is 1. The maximum absolute atomic E-state index is 11.7. The highest BCUT2D eigenvalue weighted by atomic mass is 16.6. The number of unbranched alkanes of at least 4 members (excludes halogenated alkanes) is 7. The Morgan fingerprint density at radius 2 is 1.46 bits per heavy atom. The van der Waals surface area contributed by atoms with Crippen LogP contribution in [0, 0.1) is 10.1 Å². The Bertz CT molecular complexity index is 617. The average Bonchev–Trinajstić information content (AvgIpc) is 2.69. The van der Waals surface area contributed by atoms with Gasteiger partial charge in [-0.05, 0) is 12.5 Å². The summed E-state index contributed by atoms with van der Waals surface area (Å²) in [7, 11) is 0. The molecule has 0 atom stereocenters. The van der Waals surface area contributed by atoms with Crippen molar-refractivity contribution in [3.8, 4) is 0 Å². The molecule has 0 unspecified atom stereocenters. The lowest BCUT2D eigenvalue weighted by molar-refractivity contribution is -0.385. The second-order valence-corrected chi connectivity index (χ2v) is 6.74. The number of rotatable bonds is 15. The zero-order chi connectivity index (χ0) is 20.6. The van der Waals surface area contributed by atoms with Crippen molar-refractivity contribution in [1.82, 2.24) is 0 Å². The van der Waals surface area contributed by atoms with Crippen LogP contribution in [0.25, 0.3) is 0 Å². The van der Waals surface area contributed by atoms with Crippen molar-refractivity contribution in [2.24, 2.45) is 0 Å². The molecular formula is C21H31NO6. The van der Waals surface area contributed by atoms with E-state index in [0.717, 1.165) is 19.3 Å². The van der Waals surface area contributed by atoms with Gasteiger partial charge in [-0.2, -0.15) is 0 Å². The molecule has 0 saturated heterocycles. The second kappa shape index (κ2) is 14.6. The normalized spacial score (nSPS) is 10.5. The van der Waals surface area contributed by atoms with E-state index in [4.69, 9.17) is 9.47 Å². The molecular weight excluding hydrogens is 362 g/mol. The van der Waals surface area contributed by atoms with Crippen LogP contribution in [0.4, 0.5) is 5.69 Å². The lowest BCUT2D eigenvalue weighted by Crippen LogP contribution is -2.11. The highest BCUT2D eigenvalue weighted by Crippen LogP contribution is 2.18. The number of hydrogen-bond acceptors (Lipinski definition) is 6. The van der Waals surface area contributed by atoms with Crippen LogP contribution in [0.1, 0.15) is 76.7 Å². The van der Waals surface area contributed by atoms with Gasteiger partial charge in [0.15, 0.2) is 0 Å². The molecule has 0 aliphatic carbocycles. The SMILES string of the molecule is CCCCCCCCCCOC(=O)CCC(=O)OCc1ccccc1[N+](=O)[O-]. The summed E-state index contributed by atoms with van der Waals surface area (Å²) in [4.78, 5) is 33.8. The Labute approximate surface area is 166 Å². The number of benzene rings is 1. The Morgan fingerprint density at radius 1 is 0.893 bits per heavy atom. The maximum Gasteiger partial charge on any atom is 0.306 e. The smallest absolute Gasteiger partial charge is 0.306 e. The van der Waals surface area contributed by atoms with E-state index in [9.17, 15) is 19.7 Å². The van der Waals surface area contributed by atoms with Gasteiger partial charge in [-0.3, -0.25) is 19.7 Å². The molecule has 0 aliphatic heterocycles. The Kier molecular flexibility index (Phi) is 12.3. The summed E-state index contributed by atoms with van der Waals surface area (Å²) < 4.78 is 10.1. The molecule has 156 valence electrons. The van der Waals surface area contributed by atoms with Gasteiger partial charge in [0, 0.05) is 6.07 Å². The zero-order valence-electron chi connectivity index (χ0n) is 16.7. The Morgan fingerprint density at radius 3 is 2.11 bits per heavy atom. The number of hydrogen-bond donors (Lipinski definition) is 0. The summed E-state index contributed by atoms with van der Waals surface area (Å²) in [5, 5.41) is 10.9. The fourth-order valence-corrected chi connectivity index (χ4v) is 2.74. The van der Waals surface area contributed by atoms with Crippen LogP contribution in [0.2, 0.25) is 0 Å². The second-order valence-electron chi connectivity index (χ2n) is 6.74. The third-order valence-electron chi connectivity index (χ3n) is 4.37. The van der Waals surface area contributed by atoms with E-state index in [0.29, 0.717) is 12.2 Å². The molecule has 0 aliphatic rings. The summed E-state index contributed by atoms with van der Waals surface area (Å²) in [5.74, 6) is -1.01. The predicted octanol–water partition coefficient (Wildman–Crippen LogP) is 5.10. The molecule has 0 spiro atoms. The van der Waals surface area contributed by atoms with Crippen LogP contribution in [-0.4, -0.2) is 23.5 Å². The van der Waals surface area contributed by atoms with Gasteiger partial charge >= 0.3 is 11.9 Å². The average molecular weight is 393 g/mol. The van der Waals surface area contributed by atoms with Crippen LogP contribution in [0.3, 0.4) is 0 Å². The van der Waals surface area contributed by atoms with Crippen molar-refractivity contribution in [3.63, 3.8) is 0 Å². The first-order valence-electron chi connectivity index (χ1n) is 10.1. The fourth-order valence-electron chi connectivity index (χ4n) is 2.74. The molecule has 0 amide bonds. The van der Waals surface area contributed by atoms with Crippen molar-refractivity contribution >= 4 is 17.6 Å². The third kappa shape index (κ3) is 10.6. The highest BCUT2D eigenvalue weighted by molar-refractivity contribution is 5.77. The monoisotopic (exact) mass is 393 g/mol. The number of esters is 2. The molecule has 1 aromatic rings. The first kappa shape index (κ1) is 23.6. The van der Waals surface area contributed by atoms with Gasteiger partial charge in [-0.25, -0.2) is 0 Å². The lowest BCUT2D eigenvalue weighted by atomic mass is 10.1. The minimum Gasteiger partial charge on any atom is -0.466 e. The highest BCUT2D eigenvalue weighted by Gasteiger charge is 2.15. The third-order valence-corrected chi connectivity index (χ3v) is 4.37. The minimum atomic E-state index is -0.581. The molecule has 28 heavy (non-hydrogen) atoms. The Hall–Kier alpha value is -2.44. The zero-order valence-corrected chi connectivity index (χ0v) is 16.7. The number of nitro groups is 1. The van der Waals surface area contributed by atoms with Gasteiger partial charge in [0.05, 0.1) is 29.9 Å². The quantitative estimate of drug-likeness (QED) is 0.178. The van der Waals surface area contributed by atoms with Crippen LogP contribution >= 0.6 is 0 Å². The molecule has 0 aromatic heterocycles. The number of carbonyl (C=O) groups is 2. The van der Waals surface area contributed by atoms with Gasteiger partial charge in [-0.1, -0.05) is 64.0 Å². The van der Waals surface area contributed by atoms with E-state index in [2.05, 4.69) is 6.92 Å². The summed E-state index contributed by atoms with van der Waals surface area (Å²) in [6, 6.07) is 6.07. The number of nitro benzene ring substituents is 1. The van der Waals surface area contributed by atoms with Crippen molar-refractivity contribution < 1.29 is 24.0 Å². The molecule has 0 N–H and O–H groups in total. The molecule has 1 rings (SSSR count). The number of nitrogens with zero attached hydrogens (tertiary/aromatic N) is 1. The van der Waals surface area contributed by atoms with Gasteiger partial charge in [0.1, 0.15) is 6.61 Å². The van der Waals surface area contributed by atoms with Crippen molar-refractivity contribution in [2.75, 3.05) is 6.61 Å². The van der Waals surface area contributed by atoms with Crippen molar-refractivity contribution in [2.45, 2.75) is 77.7 Å². The summed E-state index contributed by atoms with van der Waals surface area (Å²) in [6.07, 6.45) is 9.19. The maximum atomic E-state index is 11.7. The van der Waals surface area contributed by atoms with Crippen LogP contribution < -0.4 is 0 Å². The standard InChI is InChI=1S/C21H31NO6/c1-2-3-4-5-6-7-8-11-16-27-20(23)14-15-21(24)28-17-18-12-9-10-13-19(18)22(25)26/h9-10,12-13H,2-8,11,14-17H2,1H3. The predicted molar refractivity (Wildman–Crippen MR) is 106 cm³/mol. The summed E-state index contributed by atoms with van der Waals surface area (Å²) in [6.45, 7) is 2.38. The van der Waals surface area contributed by atoms with Gasteiger partial charge in [-0.15, -0.1) is 0 Å². The van der Waals surface area contributed by atoms with E-state index < -0.39 is 16.9 Å². The van der Waals surface area contributed by atoms with Crippen molar-refractivity contribution in [3.05, 3.63) is 39.9 Å². The molecule has 7 nitrogen and oxygen atoms in total. The largest absolute Gasteiger partial charge is 0.466 e. The molecule has 0 bridgehead atoms. The summed E-state index contributed by atoms with van der Waals surface area (Å²) in [5.41, 5.74) is 0.221. The van der Waals surface area contributed by atoms with Crippen molar-refractivity contribution in [1.29, 1.82) is 0 Å². The van der Waals surface area contributed by atoms with Crippen LogP contribution in [-0.2, 0) is 25.7 Å². The molecule has 0 heterocycles. The van der Waals surface area contributed by atoms with Gasteiger partial charge < -0.3 is 9.47 Å². The van der Waals surface area contributed by atoms with Gasteiger partial charge in [0.2, 0.25) is 0 Å². The molecule has 0 radical (unpaired) electrons. The van der Waals surface area contributed by atoms with E-state index in [1.165, 1.54) is 44.2 Å². The van der Waals surface area contributed by atoms with E-state index in [1.54, 1.807) is 12.1 Å². The van der Waals surface area contributed by atoms with E-state index in [1.807, 2.05) is 0 Å². The van der Waals surface area contributed by atoms with E-state index in [-0.39, 0.29) is 25.1 Å². The van der Waals surface area contributed by atoms with Crippen LogP contribution in [0.5, 0.6) is 0 Å². The molecule has 7 heteroatoms. The fraction of sp³-hybridized carbons (Fsp3) is 0.619. The first-order valence-corrected chi connectivity index (χ1v) is 10.1. The first-order chi connectivity index (χ1) is 13.5. The molecule has 0 fully saturated rings. The summed E-state index contributed by atoms with van der Waals surface area (Å²) >= 11 is 0. The number of carbonyl (C=O) groups excluding carboxylic acids is 2. The van der Waals surface area contributed by atoms with E-state index >= 15 is 0 Å². The molecule has 1 aromatic carbocycles. The lowest BCUT2D eigenvalue weighted by Gasteiger charge is -2.06.